The van der Waals surface area contributed by atoms with Gasteiger partial charge in [-0.25, -0.2) is 4.99 Å². The molecule has 1 aliphatic heterocycles. The zero-order valence-electron chi connectivity index (χ0n) is 21.9. The van der Waals surface area contributed by atoms with Crippen LogP contribution in [0.25, 0.3) is 6.08 Å². The van der Waals surface area contributed by atoms with Crippen LogP contribution in [0.15, 0.2) is 99.9 Å². The van der Waals surface area contributed by atoms with Crippen LogP contribution in [0.1, 0.15) is 37.9 Å². The minimum absolute atomic E-state index is 0.212. The molecule has 3 aromatic carbocycles. The van der Waals surface area contributed by atoms with Gasteiger partial charge >= 0.3 is 0 Å². The van der Waals surface area contributed by atoms with Crippen molar-refractivity contribution < 1.29 is 9.53 Å². The topological polar surface area (TPSA) is 72.7 Å². The molecule has 1 aliphatic rings. The van der Waals surface area contributed by atoms with Crippen molar-refractivity contribution in [1.82, 2.24) is 4.57 Å². The van der Waals surface area contributed by atoms with E-state index < -0.39 is 6.04 Å². The van der Waals surface area contributed by atoms with E-state index in [1.807, 2.05) is 72.8 Å². The summed E-state index contributed by atoms with van der Waals surface area (Å²) in [5.41, 5.74) is 3.06. The summed E-state index contributed by atoms with van der Waals surface area (Å²) in [6.07, 6.45) is 1.85. The van der Waals surface area contributed by atoms with Crippen molar-refractivity contribution in [2.45, 2.75) is 26.8 Å². The molecule has 198 valence electrons. The maximum Gasteiger partial charge on any atom is 0.271 e. The molecule has 0 bridgehead atoms. The third-order valence-corrected chi connectivity index (χ3v) is 7.48. The molecule has 1 amide bonds. The van der Waals surface area contributed by atoms with E-state index in [2.05, 4.69) is 19.2 Å². The average Bonchev–Trinajstić information content (AvgIpc) is 3.22. The van der Waals surface area contributed by atoms with Gasteiger partial charge in [-0.15, -0.1) is 0 Å². The number of anilines is 1. The molecule has 0 spiro atoms. The van der Waals surface area contributed by atoms with Crippen LogP contribution in [0.3, 0.4) is 0 Å². The molecule has 4 aromatic rings. The van der Waals surface area contributed by atoms with Gasteiger partial charge < -0.3 is 10.1 Å². The Morgan fingerprint density at radius 1 is 1.08 bits per heavy atom. The average molecular weight is 558 g/mol. The number of carbonyl (C=O) groups is 1. The van der Waals surface area contributed by atoms with E-state index in [4.69, 9.17) is 21.3 Å². The number of benzene rings is 3. The predicted molar refractivity (Wildman–Crippen MR) is 157 cm³/mol. The fraction of sp³-hybridized carbons (Fsp3) is 0.194. The first-order valence-corrected chi connectivity index (χ1v) is 13.9. The number of nitrogens with one attached hydrogen (secondary N) is 1. The highest BCUT2D eigenvalue weighted by Gasteiger charge is 2.32. The molecule has 1 aromatic heterocycles. The minimum atomic E-state index is -0.656. The summed E-state index contributed by atoms with van der Waals surface area (Å²) in [6, 6.07) is 23.4. The van der Waals surface area contributed by atoms with Crippen LogP contribution in [0, 0.1) is 5.92 Å². The largest absolute Gasteiger partial charge is 0.493 e. The maximum absolute atomic E-state index is 13.8. The number of nitrogens with zero attached hydrogens (tertiary/aromatic N) is 2. The number of halogens is 1. The Bertz CT molecular complexity index is 1700. The molecule has 39 heavy (non-hydrogen) atoms. The second-order valence-electron chi connectivity index (χ2n) is 9.73. The summed E-state index contributed by atoms with van der Waals surface area (Å²) in [7, 11) is 0. The Morgan fingerprint density at radius 2 is 1.77 bits per heavy atom. The van der Waals surface area contributed by atoms with Gasteiger partial charge in [-0.1, -0.05) is 79.2 Å². The molecule has 0 saturated heterocycles. The van der Waals surface area contributed by atoms with Gasteiger partial charge in [0.15, 0.2) is 4.80 Å². The molecular formula is C31H28ClN3O3S. The van der Waals surface area contributed by atoms with Crippen LogP contribution in [-0.2, 0) is 4.79 Å². The summed E-state index contributed by atoms with van der Waals surface area (Å²) in [5, 5.41) is 3.53. The quantitative estimate of drug-likeness (QED) is 0.323. The fourth-order valence-electron chi connectivity index (χ4n) is 4.37. The Hall–Kier alpha value is -3.94. The molecule has 0 unspecified atom stereocenters. The van der Waals surface area contributed by atoms with Gasteiger partial charge in [0.05, 0.1) is 28.5 Å². The Balaban J connectivity index is 1.57. The Labute approximate surface area is 235 Å². The van der Waals surface area contributed by atoms with E-state index >= 15 is 0 Å². The monoisotopic (exact) mass is 557 g/mol. The lowest BCUT2D eigenvalue weighted by atomic mass is 9.95. The van der Waals surface area contributed by atoms with Crippen LogP contribution in [0.2, 0.25) is 5.02 Å². The number of fused-ring (bicyclic) bond motifs is 1. The second kappa shape index (κ2) is 11.4. The third kappa shape index (κ3) is 5.90. The lowest BCUT2D eigenvalue weighted by Crippen LogP contribution is -2.40. The molecule has 5 rings (SSSR count). The smallest absolute Gasteiger partial charge is 0.271 e. The third-order valence-electron chi connectivity index (χ3n) is 6.24. The zero-order chi connectivity index (χ0) is 27.5. The molecule has 0 fully saturated rings. The van der Waals surface area contributed by atoms with Gasteiger partial charge in [0.2, 0.25) is 0 Å². The van der Waals surface area contributed by atoms with Crippen molar-refractivity contribution in [1.29, 1.82) is 0 Å². The number of hydrogen-bond acceptors (Lipinski definition) is 5. The Kier molecular flexibility index (Phi) is 7.82. The second-order valence-corrected chi connectivity index (χ2v) is 11.2. The number of carbonyl (C=O) groups excluding carboxylic acids is 1. The number of para-hydroxylation sites is 1. The van der Waals surface area contributed by atoms with E-state index in [1.54, 1.807) is 23.6 Å². The van der Waals surface area contributed by atoms with E-state index in [9.17, 15) is 9.59 Å². The zero-order valence-corrected chi connectivity index (χ0v) is 23.4. The number of aromatic nitrogens is 1. The van der Waals surface area contributed by atoms with Crippen molar-refractivity contribution in [3.05, 3.63) is 126 Å². The van der Waals surface area contributed by atoms with Crippen molar-refractivity contribution in [3.8, 4) is 5.75 Å². The standard InChI is InChI=1S/C31H28ClN3O3S/c1-19(2)18-38-25-15-9-21(10-16-25)17-26-30(37)35-28(22-11-13-23(32)14-12-22)27(20(3)33-31(35)39-26)29(36)34-24-7-5-4-6-8-24/h4-17,19,28H,18H2,1-3H3,(H,34,36)/b26-17+/t28-/m1/s1. The molecule has 0 aliphatic carbocycles. The summed E-state index contributed by atoms with van der Waals surface area (Å²) >= 11 is 7.47. The lowest BCUT2D eigenvalue weighted by Gasteiger charge is -2.25. The fourth-order valence-corrected chi connectivity index (χ4v) is 5.54. The normalized spacial score (nSPS) is 15.2. The number of hydrogen-bond donors (Lipinski definition) is 1. The van der Waals surface area contributed by atoms with Gasteiger partial charge in [-0.05, 0) is 66.4 Å². The van der Waals surface area contributed by atoms with Crippen molar-refractivity contribution in [2.24, 2.45) is 10.9 Å². The summed E-state index contributed by atoms with van der Waals surface area (Å²) in [5.74, 6) is 0.909. The van der Waals surface area contributed by atoms with E-state index in [-0.39, 0.29) is 11.5 Å². The van der Waals surface area contributed by atoms with Crippen molar-refractivity contribution >= 4 is 40.6 Å². The predicted octanol–water partition coefficient (Wildman–Crippen LogP) is 5.56. The first kappa shape index (κ1) is 26.7. The number of thiazole rings is 1. The molecule has 0 saturated carbocycles. The van der Waals surface area contributed by atoms with Gasteiger partial charge in [-0.3, -0.25) is 14.2 Å². The van der Waals surface area contributed by atoms with Crippen molar-refractivity contribution in [3.63, 3.8) is 0 Å². The highest BCUT2D eigenvalue weighted by atomic mass is 35.5. The van der Waals surface area contributed by atoms with Crippen LogP contribution in [0.4, 0.5) is 5.69 Å². The highest BCUT2D eigenvalue weighted by molar-refractivity contribution is 7.07. The lowest BCUT2D eigenvalue weighted by molar-refractivity contribution is -0.113. The molecule has 8 heteroatoms. The van der Waals surface area contributed by atoms with Gasteiger partial charge in [0.1, 0.15) is 5.75 Å². The van der Waals surface area contributed by atoms with Crippen LogP contribution >= 0.6 is 22.9 Å². The highest BCUT2D eigenvalue weighted by Crippen LogP contribution is 2.31. The van der Waals surface area contributed by atoms with Gasteiger partial charge in [0.25, 0.3) is 11.5 Å². The van der Waals surface area contributed by atoms with Gasteiger partial charge in [0, 0.05) is 10.7 Å². The number of amides is 1. The summed E-state index contributed by atoms with van der Waals surface area (Å²) in [6.45, 7) is 6.64. The summed E-state index contributed by atoms with van der Waals surface area (Å²) in [4.78, 5) is 32.6. The molecule has 1 N–H and O–H groups in total. The number of allylic oxidation sites excluding steroid dienone is 1. The van der Waals surface area contributed by atoms with E-state index in [0.29, 0.717) is 43.8 Å². The summed E-state index contributed by atoms with van der Waals surface area (Å²) < 4.78 is 7.91. The molecule has 6 nitrogen and oxygen atoms in total. The van der Waals surface area contributed by atoms with E-state index in [0.717, 1.165) is 16.9 Å². The SMILES string of the molecule is CC1=C(C(=O)Nc2ccccc2)[C@@H](c2ccc(Cl)cc2)n2c(s/c(=C/c3ccc(OCC(C)C)cc3)c2=O)=N1. The number of ether oxygens (including phenoxy) is 1. The van der Waals surface area contributed by atoms with Crippen molar-refractivity contribution in [2.75, 3.05) is 11.9 Å². The van der Waals surface area contributed by atoms with Gasteiger partial charge in [-0.2, -0.15) is 0 Å². The molecular weight excluding hydrogens is 530 g/mol. The first-order chi connectivity index (χ1) is 18.8. The minimum Gasteiger partial charge on any atom is -0.493 e. The molecule has 2 heterocycles. The molecule has 0 radical (unpaired) electrons. The van der Waals surface area contributed by atoms with E-state index in [1.165, 1.54) is 11.3 Å². The Morgan fingerprint density at radius 3 is 2.44 bits per heavy atom. The van der Waals surface area contributed by atoms with Crippen LogP contribution < -0.4 is 24.9 Å². The maximum atomic E-state index is 13.8. The van der Waals surface area contributed by atoms with Crippen LogP contribution in [-0.4, -0.2) is 17.1 Å². The van der Waals surface area contributed by atoms with Crippen LogP contribution in [0.5, 0.6) is 5.75 Å². The molecule has 1 atom stereocenters. The first-order valence-electron chi connectivity index (χ1n) is 12.7. The number of rotatable bonds is 7.